The van der Waals surface area contributed by atoms with Gasteiger partial charge in [-0.05, 0) is 55.5 Å². The molecular weight excluding hydrogens is 402 g/mol. The number of hydrogen-bond acceptors (Lipinski definition) is 6. The smallest absolute Gasteiger partial charge is 0.255 e. The molecule has 2 aromatic carbocycles. The third-order valence-electron chi connectivity index (χ3n) is 5.00. The Morgan fingerprint density at radius 3 is 2.25 bits per heavy atom. The Morgan fingerprint density at radius 2 is 1.66 bits per heavy atom. The highest BCUT2D eigenvalue weighted by atomic mass is 16.5. The van der Waals surface area contributed by atoms with Crippen LogP contribution < -0.4 is 15.0 Å². The summed E-state index contributed by atoms with van der Waals surface area (Å²) >= 11 is 0. The van der Waals surface area contributed by atoms with Crippen LogP contribution in [0.25, 0.3) is 11.3 Å². The minimum Gasteiger partial charge on any atom is -0.497 e. The van der Waals surface area contributed by atoms with E-state index in [1.54, 1.807) is 68.3 Å². The van der Waals surface area contributed by atoms with Crippen LogP contribution in [0.2, 0.25) is 0 Å². The van der Waals surface area contributed by atoms with E-state index >= 15 is 0 Å². The standard InChI is InChI=1S/C25H23N5O2/c1-3-30(21-12-14-26-15-13-21)24-17-27-23(16-28-24)18-4-6-19(7-5-18)25(31)29-20-8-10-22(32-2)11-9-20/h4-17H,3H2,1-2H3,(H,29,31). The van der Waals surface area contributed by atoms with Crippen molar-refractivity contribution in [1.82, 2.24) is 15.0 Å². The first-order chi connectivity index (χ1) is 15.7. The maximum atomic E-state index is 12.5. The van der Waals surface area contributed by atoms with Crippen molar-refractivity contribution in [2.24, 2.45) is 0 Å². The number of pyridine rings is 1. The molecule has 7 nitrogen and oxygen atoms in total. The molecule has 1 amide bonds. The molecule has 0 aliphatic carbocycles. The molecule has 4 aromatic rings. The Hall–Kier alpha value is -4.26. The first-order valence-corrected chi connectivity index (χ1v) is 10.2. The van der Waals surface area contributed by atoms with Gasteiger partial charge in [-0.15, -0.1) is 0 Å². The number of amides is 1. The lowest BCUT2D eigenvalue weighted by Gasteiger charge is -2.21. The van der Waals surface area contributed by atoms with Gasteiger partial charge >= 0.3 is 0 Å². The van der Waals surface area contributed by atoms with Gasteiger partial charge in [0.05, 0.1) is 25.2 Å². The fourth-order valence-corrected chi connectivity index (χ4v) is 3.28. The highest BCUT2D eigenvalue weighted by Gasteiger charge is 2.11. The molecule has 0 spiro atoms. The first-order valence-electron chi connectivity index (χ1n) is 10.2. The maximum Gasteiger partial charge on any atom is 0.255 e. The summed E-state index contributed by atoms with van der Waals surface area (Å²) < 4.78 is 5.13. The Bertz CT molecular complexity index is 1160. The average Bonchev–Trinajstić information content (AvgIpc) is 2.86. The Labute approximate surface area is 186 Å². The van der Waals surface area contributed by atoms with Crippen LogP contribution in [0.1, 0.15) is 17.3 Å². The summed E-state index contributed by atoms with van der Waals surface area (Å²) in [6, 6.07) is 18.4. The van der Waals surface area contributed by atoms with E-state index in [2.05, 4.69) is 32.1 Å². The molecule has 0 unspecified atom stereocenters. The Kier molecular flexibility index (Phi) is 6.36. The van der Waals surface area contributed by atoms with Gasteiger partial charge in [0, 0.05) is 41.4 Å². The van der Waals surface area contributed by atoms with Crippen LogP contribution in [-0.4, -0.2) is 34.5 Å². The molecular formula is C25H23N5O2. The number of carbonyl (C=O) groups is 1. The number of hydrogen-bond donors (Lipinski definition) is 1. The van der Waals surface area contributed by atoms with Gasteiger partial charge in [-0.1, -0.05) is 12.1 Å². The number of aromatic nitrogens is 3. The fraction of sp³-hybridized carbons (Fsp3) is 0.120. The summed E-state index contributed by atoms with van der Waals surface area (Å²) in [4.78, 5) is 27.8. The van der Waals surface area contributed by atoms with Gasteiger partial charge in [0.15, 0.2) is 5.82 Å². The topological polar surface area (TPSA) is 80.2 Å². The van der Waals surface area contributed by atoms with E-state index in [-0.39, 0.29) is 5.91 Å². The van der Waals surface area contributed by atoms with Crippen molar-refractivity contribution < 1.29 is 9.53 Å². The minimum atomic E-state index is -0.181. The molecule has 2 aromatic heterocycles. The van der Waals surface area contributed by atoms with Crippen molar-refractivity contribution >= 4 is 23.1 Å². The van der Waals surface area contributed by atoms with E-state index in [1.165, 1.54) is 0 Å². The molecule has 160 valence electrons. The van der Waals surface area contributed by atoms with Gasteiger partial charge in [-0.2, -0.15) is 0 Å². The molecule has 0 saturated heterocycles. The highest BCUT2D eigenvalue weighted by Crippen LogP contribution is 2.24. The van der Waals surface area contributed by atoms with Crippen LogP contribution in [0.5, 0.6) is 5.75 Å². The number of rotatable bonds is 7. The van der Waals surface area contributed by atoms with E-state index < -0.39 is 0 Å². The second-order valence-electron chi connectivity index (χ2n) is 6.97. The van der Waals surface area contributed by atoms with Crippen LogP contribution in [0.3, 0.4) is 0 Å². The van der Waals surface area contributed by atoms with Gasteiger partial charge in [0.2, 0.25) is 0 Å². The molecule has 0 bridgehead atoms. The van der Waals surface area contributed by atoms with Crippen molar-refractivity contribution in [3.05, 3.63) is 91.0 Å². The molecule has 0 saturated carbocycles. The second-order valence-corrected chi connectivity index (χ2v) is 6.97. The quantitative estimate of drug-likeness (QED) is 0.451. The number of methoxy groups -OCH3 is 1. The number of nitrogens with one attached hydrogen (secondary N) is 1. The molecule has 1 N–H and O–H groups in total. The van der Waals surface area contributed by atoms with Gasteiger partial charge in [-0.3, -0.25) is 14.8 Å². The van der Waals surface area contributed by atoms with Crippen LogP contribution in [-0.2, 0) is 0 Å². The fourth-order valence-electron chi connectivity index (χ4n) is 3.28. The lowest BCUT2D eigenvalue weighted by atomic mass is 10.1. The largest absolute Gasteiger partial charge is 0.497 e. The Morgan fingerprint density at radius 1 is 0.938 bits per heavy atom. The highest BCUT2D eigenvalue weighted by molar-refractivity contribution is 6.04. The molecule has 0 fully saturated rings. The number of ether oxygens (including phenoxy) is 1. The van der Waals surface area contributed by atoms with E-state index in [0.717, 1.165) is 35.1 Å². The number of nitrogens with zero attached hydrogens (tertiary/aromatic N) is 4. The van der Waals surface area contributed by atoms with Gasteiger partial charge in [-0.25, -0.2) is 4.98 Å². The first kappa shape index (κ1) is 21.0. The zero-order valence-corrected chi connectivity index (χ0v) is 17.9. The lowest BCUT2D eigenvalue weighted by Crippen LogP contribution is -2.17. The van der Waals surface area contributed by atoms with Crippen molar-refractivity contribution in [1.29, 1.82) is 0 Å². The SMILES string of the molecule is CCN(c1ccncc1)c1cnc(-c2ccc(C(=O)Nc3ccc(OC)cc3)cc2)cn1. The van der Waals surface area contributed by atoms with Gasteiger partial charge in [0.1, 0.15) is 5.75 Å². The number of carbonyl (C=O) groups excluding carboxylic acids is 1. The predicted molar refractivity (Wildman–Crippen MR) is 125 cm³/mol. The van der Waals surface area contributed by atoms with Crippen LogP contribution in [0.15, 0.2) is 85.5 Å². The van der Waals surface area contributed by atoms with Crippen LogP contribution in [0.4, 0.5) is 17.2 Å². The summed E-state index contributed by atoms with van der Waals surface area (Å²) in [7, 11) is 1.61. The van der Waals surface area contributed by atoms with E-state index in [4.69, 9.17) is 4.74 Å². The van der Waals surface area contributed by atoms with Gasteiger partial charge in [0.25, 0.3) is 5.91 Å². The van der Waals surface area contributed by atoms with Crippen molar-refractivity contribution in [3.63, 3.8) is 0 Å². The van der Waals surface area contributed by atoms with Crippen molar-refractivity contribution in [2.75, 3.05) is 23.9 Å². The van der Waals surface area contributed by atoms with E-state index in [0.29, 0.717) is 11.3 Å². The summed E-state index contributed by atoms with van der Waals surface area (Å²) in [5.74, 6) is 1.32. The second kappa shape index (κ2) is 9.70. The normalized spacial score (nSPS) is 10.4. The van der Waals surface area contributed by atoms with E-state index in [9.17, 15) is 4.79 Å². The third-order valence-corrected chi connectivity index (χ3v) is 5.00. The van der Waals surface area contributed by atoms with Gasteiger partial charge < -0.3 is 15.0 Å². The molecule has 0 aliphatic rings. The number of benzene rings is 2. The summed E-state index contributed by atoms with van der Waals surface area (Å²) in [6.45, 7) is 2.82. The Balaban J connectivity index is 1.46. The van der Waals surface area contributed by atoms with E-state index in [1.807, 2.05) is 24.3 Å². The lowest BCUT2D eigenvalue weighted by molar-refractivity contribution is 0.102. The average molecular weight is 425 g/mol. The molecule has 0 radical (unpaired) electrons. The predicted octanol–water partition coefficient (Wildman–Crippen LogP) is 4.96. The molecule has 7 heteroatoms. The minimum absolute atomic E-state index is 0.181. The van der Waals surface area contributed by atoms with Crippen LogP contribution in [0, 0.1) is 0 Å². The number of anilines is 3. The summed E-state index contributed by atoms with van der Waals surface area (Å²) in [6.07, 6.45) is 7.01. The monoisotopic (exact) mass is 425 g/mol. The summed E-state index contributed by atoms with van der Waals surface area (Å²) in [5.41, 5.74) is 3.90. The molecule has 4 rings (SSSR count). The molecule has 0 atom stereocenters. The van der Waals surface area contributed by atoms with Crippen LogP contribution >= 0.6 is 0 Å². The zero-order valence-electron chi connectivity index (χ0n) is 17.9. The summed E-state index contributed by atoms with van der Waals surface area (Å²) in [5, 5.41) is 2.88. The zero-order chi connectivity index (χ0) is 22.3. The molecule has 32 heavy (non-hydrogen) atoms. The molecule has 0 aliphatic heterocycles. The van der Waals surface area contributed by atoms with Crippen molar-refractivity contribution in [3.8, 4) is 17.0 Å². The third kappa shape index (κ3) is 4.73. The van der Waals surface area contributed by atoms with Crippen molar-refractivity contribution in [2.45, 2.75) is 6.92 Å². The maximum absolute atomic E-state index is 12.5. The molecule has 2 heterocycles.